The van der Waals surface area contributed by atoms with Gasteiger partial charge in [0.05, 0.1) is 21.3 Å². The lowest BCUT2D eigenvalue weighted by molar-refractivity contribution is 0.324. The Morgan fingerprint density at radius 2 is 1.55 bits per heavy atom. The predicted octanol–water partition coefficient (Wildman–Crippen LogP) is 3.52. The lowest BCUT2D eigenvalue weighted by atomic mass is 10.2. The van der Waals surface area contributed by atoms with E-state index < -0.39 is 0 Å². The summed E-state index contributed by atoms with van der Waals surface area (Å²) >= 11 is 5.92. The van der Waals surface area contributed by atoms with E-state index in [1.54, 1.807) is 33.5 Å². The quantitative estimate of drug-likeness (QED) is 0.849. The fourth-order valence-corrected chi connectivity index (χ4v) is 2.22. The summed E-state index contributed by atoms with van der Waals surface area (Å²) in [6.07, 6.45) is 0. The van der Waals surface area contributed by atoms with E-state index in [0.29, 0.717) is 23.1 Å². The third kappa shape index (κ3) is 3.17. The minimum atomic E-state index is 0.193. The summed E-state index contributed by atoms with van der Waals surface area (Å²) in [7, 11) is 4.70. The molecule has 22 heavy (non-hydrogen) atoms. The Kier molecular flexibility index (Phi) is 4.92. The van der Waals surface area contributed by atoms with Gasteiger partial charge in [-0.25, -0.2) is 9.97 Å². The van der Waals surface area contributed by atoms with Crippen molar-refractivity contribution in [1.82, 2.24) is 9.97 Å². The van der Waals surface area contributed by atoms with E-state index in [2.05, 4.69) is 15.3 Å². The lowest BCUT2D eigenvalue weighted by Crippen LogP contribution is -2.02. The van der Waals surface area contributed by atoms with Gasteiger partial charge < -0.3 is 19.5 Å². The van der Waals surface area contributed by atoms with E-state index in [-0.39, 0.29) is 5.28 Å². The van der Waals surface area contributed by atoms with Gasteiger partial charge in [0.2, 0.25) is 11.0 Å². The number of nitrogens with zero attached hydrogens (tertiary/aromatic N) is 2. The van der Waals surface area contributed by atoms with Crippen molar-refractivity contribution in [2.45, 2.75) is 13.8 Å². The van der Waals surface area contributed by atoms with Crippen LogP contribution in [0.15, 0.2) is 12.1 Å². The van der Waals surface area contributed by atoms with Crippen LogP contribution in [0.5, 0.6) is 17.2 Å². The van der Waals surface area contributed by atoms with E-state index in [1.165, 1.54) is 0 Å². The minimum Gasteiger partial charge on any atom is -0.493 e. The predicted molar refractivity (Wildman–Crippen MR) is 85.9 cm³/mol. The Labute approximate surface area is 134 Å². The first-order valence-corrected chi connectivity index (χ1v) is 6.95. The van der Waals surface area contributed by atoms with Crippen LogP contribution in [0.25, 0.3) is 0 Å². The van der Waals surface area contributed by atoms with E-state index in [9.17, 15) is 0 Å². The molecule has 0 aliphatic carbocycles. The van der Waals surface area contributed by atoms with Crippen molar-refractivity contribution in [3.05, 3.63) is 28.7 Å². The molecule has 1 aromatic heterocycles. The van der Waals surface area contributed by atoms with E-state index >= 15 is 0 Å². The Hall–Kier alpha value is -2.21. The highest BCUT2D eigenvalue weighted by Gasteiger charge is 2.14. The van der Waals surface area contributed by atoms with E-state index in [4.69, 9.17) is 25.8 Å². The number of halogens is 1. The largest absolute Gasteiger partial charge is 0.493 e. The highest BCUT2D eigenvalue weighted by Crippen LogP contribution is 2.40. The molecule has 1 N–H and O–H groups in total. The number of benzene rings is 1. The maximum Gasteiger partial charge on any atom is 0.224 e. The zero-order valence-electron chi connectivity index (χ0n) is 13.2. The molecule has 0 amide bonds. The van der Waals surface area contributed by atoms with Crippen molar-refractivity contribution in [1.29, 1.82) is 0 Å². The summed E-state index contributed by atoms with van der Waals surface area (Å²) in [4.78, 5) is 8.33. The van der Waals surface area contributed by atoms with Gasteiger partial charge in [0.25, 0.3) is 0 Å². The number of aromatic nitrogens is 2. The summed E-state index contributed by atoms with van der Waals surface area (Å²) in [6.45, 7) is 3.80. The van der Waals surface area contributed by atoms with E-state index in [1.807, 2.05) is 13.8 Å². The van der Waals surface area contributed by atoms with Gasteiger partial charge >= 0.3 is 0 Å². The first kappa shape index (κ1) is 16.2. The molecule has 7 heteroatoms. The Balaban J connectivity index is 2.46. The fourth-order valence-electron chi connectivity index (χ4n) is 2.01. The summed E-state index contributed by atoms with van der Waals surface area (Å²) < 4.78 is 16.0. The van der Waals surface area contributed by atoms with Gasteiger partial charge in [-0.2, -0.15) is 0 Å². The molecule has 1 aromatic carbocycles. The van der Waals surface area contributed by atoms with Crippen molar-refractivity contribution < 1.29 is 14.2 Å². The number of anilines is 2. The Morgan fingerprint density at radius 1 is 0.955 bits per heavy atom. The van der Waals surface area contributed by atoms with Crippen molar-refractivity contribution >= 4 is 23.1 Å². The number of aryl methyl sites for hydroxylation is 1. The molecule has 0 saturated heterocycles. The molecule has 118 valence electrons. The molecule has 0 atom stereocenters. The second kappa shape index (κ2) is 6.70. The number of hydrogen-bond donors (Lipinski definition) is 1. The SMILES string of the molecule is COc1cc(Nc2nc(Cl)nc(C)c2C)cc(OC)c1OC. The highest BCUT2D eigenvalue weighted by atomic mass is 35.5. The molecule has 0 unspecified atom stereocenters. The van der Waals surface area contributed by atoms with Gasteiger partial charge in [0.1, 0.15) is 5.82 Å². The van der Waals surface area contributed by atoms with Crippen LogP contribution in [0.1, 0.15) is 11.3 Å². The van der Waals surface area contributed by atoms with Crippen LogP contribution in [-0.4, -0.2) is 31.3 Å². The van der Waals surface area contributed by atoms with Crippen molar-refractivity contribution in [3.63, 3.8) is 0 Å². The van der Waals surface area contributed by atoms with Crippen molar-refractivity contribution in [2.24, 2.45) is 0 Å². The second-order valence-corrected chi connectivity index (χ2v) is 4.93. The summed E-state index contributed by atoms with van der Waals surface area (Å²) in [5, 5.41) is 3.40. The molecule has 1 heterocycles. The number of methoxy groups -OCH3 is 3. The second-order valence-electron chi connectivity index (χ2n) is 4.59. The first-order valence-electron chi connectivity index (χ1n) is 6.58. The topological polar surface area (TPSA) is 65.5 Å². The molecule has 0 radical (unpaired) electrons. The van der Waals surface area contributed by atoms with Crippen LogP contribution < -0.4 is 19.5 Å². The molecule has 0 fully saturated rings. The average Bonchev–Trinajstić information content (AvgIpc) is 2.51. The maximum atomic E-state index is 5.92. The van der Waals surface area contributed by atoms with Crippen LogP contribution in [-0.2, 0) is 0 Å². The standard InChI is InChI=1S/C15H18ClN3O3/c1-8-9(2)17-15(16)19-14(8)18-10-6-11(20-3)13(22-5)12(7-10)21-4/h6-7H,1-5H3,(H,17,18,19). The first-order chi connectivity index (χ1) is 10.5. The van der Waals surface area contributed by atoms with Crippen LogP contribution in [0, 0.1) is 13.8 Å². The van der Waals surface area contributed by atoms with Gasteiger partial charge in [-0.15, -0.1) is 0 Å². The summed E-state index contributed by atoms with van der Waals surface area (Å²) in [5.74, 6) is 2.27. The van der Waals surface area contributed by atoms with Crippen molar-refractivity contribution in [2.75, 3.05) is 26.6 Å². The Morgan fingerprint density at radius 3 is 2.05 bits per heavy atom. The molecule has 2 rings (SSSR count). The molecule has 0 bridgehead atoms. The fraction of sp³-hybridized carbons (Fsp3) is 0.333. The van der Waals surface area contributed by atoms with E-state index in [0.717, 1.165) is 16.9 Å². The molecule has 0 aliphatic heterocycles. The zero-order chi connectivity index (χ0) is 16.3. The molecule has 0 spiro atoms. The number of rotatable bonds is 5. The summed E-state index contributed by atoms with van der Waals surface area (Å²) in [5.41, 5.74) is 2.47. The Bertz CT molecular complexity index is 667. The molecule has 0 saturated carbocycles. The zero-order valence-corrected chi connectivity index (χ0v) is 13.9. The maximum absolute atomic E-state index is 5.92. The molecular weight excluding hydrogens is 306 g/mol. The smallest absolute Gasteiger partial charge is 0.224 e. The monoisotopic (exact) mass is 323 g/mol. The molecular formula is C15H18ClN3O3. The summed E-state index contributed by atoms with van der Waals surface area (Å²) in [6, 6.07) is 3.60. The third-order valence-corrected chi connectivity index (χ3v) is 3.46. The van der Waals surface area contributed by atoms with Crippen LogP contribution in [0.4, 0.5) is 11.5 Å². The van der Waals surface area contributed by atoms with Crippen LogP contribution >= 0.6 is 11.6 Å². The number of ether oxygens (including phenoxy) is 3. The number of nitrogens with one attached hydrogen (secondary N) is 1. The molecule has 2 aromatic rings. The van der Waals surface area contributed by atoms with Gasteiger partial charge in [-0.3, -0.25) is 0 Å². The van der Waals surface area contributed by atoms with Gasteiger partial charge in [-0.1, -0.05) is 0 Å². The molecule has 0 aliphatic rings. The van der Waals surface area contributed by atoms with Crippen molar-refractivity contribution in [3.8, 4) is 17.2 Å². The number of hydrogen-bond acceptors (Lipinski definition) is 6. The van der Waals surface area contributed by atoms with Gasteiger partial charge in [0.15, 0.2) is 11.5 Å². The normalized spacial score (nSPS) is 10.3. The lowest BCUT2D eigenvalue weighted by Gasteiger charge is -2.16. The van der Waals surface area contributed by atoms with Gasteiger partial charge in [0, 0.05) is 29.1 Å². The highest BCUT2D eigenvalue weighted by molar-refractivity contribution is 6.28. The van der Waals surface area contributed by atoms with Crippen LogP contribution in [0.2, 0.25) is 5.28 Å². The van der Waals surface area contributed by atoms with Crippen LogP contribution in [0.3, 0.4) is 0 Å². The average molecular weight is 324 g/mol. The minimum absolute atomic E-state index is 0.193. The molecule has 6 nitrogen and oxygen atoms in total. The van der Waals surface area contributed by atoms with Gasteiger partial charge in [-0.05, 0) is 25.4 Å². The third-order valence-electron chi connectivity index (χ3n) is 3.29.